The molecule has 0 radical (unpaired) electrons. The standard InChI is InChI=1S/C60H69N7O4Si/c1-42-26-27-43(2)66(42)55-37-34-48(39-61-55)54(71-72(9,10)59(6,7)8)41-65(57(68)70-58(3,4)5)40-52-35-32-47-38-46(33-36-53(47)69-52)44-28-30-45(31-29-44)56-62-63-64-67(56)60(49-20-14-11-15-21-49,50-22-16-12-17-23-50)51-24-18-13-19-25-51/h11-31,33-34,36-39,52,54,63-64H,32,35,40-41H2,1-10H3/t52?,54-/m0/s1. The summed E-state index contributed by atoms with van der Waals surface area (Å²) in [5, 5.41) is 6.92. The van der Waals surface area contributed by atoms with Gasteiger partial charge in [-0.1, -0.05) is 148 Å². The molecule has 372 valence electrons. The number of rotatable bonds is 14. The smallest absolute Gasteiger partial charge is 0.410 e. The van der Waals surface area contributed by atoms with Crippen LogP contribution in [0.4, 0.5) is 4.79 Å². The molecular formula is C60H69N7O4Si. The summed E-state index contributed by atoms with van der Waals surface area (Å²) in [6.07, 6.45) is 2.34. The van der Waals surface area contributed by atoms with Crippen LogP contribution >= 0.6 is 0 Å². The summed E-state index contributed by atoms with van der Waals surface area (Å²) in [4.78, 5) is 20.9. The first-order chi connectivity index (χ1) is 34.4. The molecule has 2 aliphatic heterocycles. The van der Waals surface area contributed by atoms with Crippen LogP contribution in [0.3, 0.4) is 0 Å². The van der Waals surface area contributed by atoms with Gasteiger partial charge in [-0.3, -0.25) is 5.01 Å². The molecule has 0 spiro atoms. The number of hydrogen-bond acceptors (Lipinski definition) is 9. The minimum atomic E-state index is -2.33. The molecule has 2 N–H and O–H groups in total. The molecule has 4 heterocycles. The van der Waals surface area contributed by atoms with E-state index in [1.54, 1.807) is 4.90 Å². The number of amides is 1. The first-order valence-corrected chi connectivity index (χ1v) is 28.0. The Bertz CT molecular complexity index is 2880. The molecule has 0 fully saturated rings. The number of carbonyl (C=O) groups excluding carboxylic acids is 1. The fourth-order valence-electron chi connectivity index (χ4n) is 9.65. The van der Waals surface area contributed by atoms with E-state index in [4.69, 9.17) is 24.0 Å². The number of carbonyl (C=O) groups is 1. The number of nitrogens with one attached hydrogen (secondary N) is 2. The molecule has 5 aromatic carbocycles. The second-order valence-corrected chi connectivity index (χ2v) is 26.4. The lowest BCUT2D eigenvalue weighted by Gasteiger charge is -2.43. The van der Waals surface area contributed by atoms with E-state index >= 15 is 0 Å². The molecular weight excluding hydrogens is 911 g/mol. The average molecular weight is 980 g/mol. The molecule has 0 saturated heterocycles. The Morgan fingerprint density at radius 2 is 1.32 bits per heavy atom. The topological polar surface area (TPSA) is 105 Å². The van der Waals surface area contributed by atoms with Crippen molar-refractivity contribution in [3.8, 4) is 22.7 Å². The SMILES string of the molecule is Cc1ccc(C)n1-c1ccc([C@H](CN(CC2CCc3cc(-c4ccc(C5=NNNN5C(c5ccccc5)(c5ccccc5)c5ccccc5)cc4)ccc3O2)C(=O)OC(C)(C)C)O[Si](C)(C)C(C)(C)C)cn1. The van der Waals surface area contributed by atoms with Crippen molar-refractivity contribution in [1.82, 2.24) is 30.5 Å². The number of nitrogens with zero attached hydrogens (tertiary/aromatic N) is 5. The molecule has 0 bridgehead atoms. The lowest BCUT2D eigenvalue weighted by molar-refractivity contribution is 0.00490. The van der Waals surface area contributed by atoms with Crippen molar-refractivity contribution in [2.45, 2.75) is 110 Å². The van der Waals surface area contributed by atoms with Crippen molar-refractivity contribution in [2.24, 2.45) is 5.10 Å². The van der Waals surface area contributed by atoms with Crippen molar-refractivity contribution in [3.05, 3.63) is 209 Å². The first kappa shape index (κ1) is 50.0. The van der Waals surface area contributed by atoms with Gasteiger partial charge in [0.25, 0.3) is 0 Å². The number of hydrazone groups is 1. The van der Waals surface area contributed by atoms with Crippen molar-refractivity contribution >= 4 is 20.2 Å². The molecule has 2 aromatic heterocycles. The van der Waals surface area contributed by atoms with Gasteiger partial charge in [0.05, 0.1) is 19.2 Å². The van der Waals surface area contributed by atoms with Gasteiger partial charge in [-0.2, -0.15) is 0 Å². The zero-order valence-electron chi connectivity index (χ0n) is 43.4. The molecule has 72 heavy (non-hydrogen) atoms. The number of pyridine rings is 1. The van der Waals surface area contributed by atoms with Gasteiger partial charge in [0.1, 0.15) is 28.8 Å². The third-order valence-electron chi connectivity index (χ3n) is 14.4. The van der Waals surface area contributed by atoms with Crippen molar-refractivity contribution < 1.29 is 18.7 Å². The Balaban J connectivity index is 0.953. The second kappa shape index (κ2) is 20.3. The van der Waals surface area contributed by atoms with Gasteiger partial charge in [0.2, 0.25) is 0 Å². The fourth-order valence-corrected chi connectivity index (χ4v) is 10.9. The average Bonchev–Trinajstić information content (AvgIpc) is 3.99. The highest BCUT2D eigenvalue weighted by Gasteiger charge is 2.46. The van der Waals surface area contributed by atoms with Crippen LogP contribution in [0.25, 0.3) is 16.9 Å². The molecule has 1 unspecified atom stereocenters. The number of benzene rings is 5. The number of ether oxygens (including phenoxy) is 2. The molecule has 12 heteroatoms. The highest BCUT2D eigenvalue weighted by atomic mass is 28.4. The number of amidine groups is 1. The molecule has 0 saturated carbocycles. The van der Waals surface area contributed by atoms with E-state index < -0.39 is 31.7 Å². The maximum absolute atomic E-state index is 14.2. The van der Waals surface area contributed by atoms with Crippen LogP contribution in [0.15, 0.2) is 169 Å². The number of fused-ring (bicyclic) bond motifs is 1. The van der Waals surface area contributed by atoms with Crippen LogP contribution in [0.1, 0.15) is 98.8 Å². The van der Waals surface area contributed by atoms with Crippen molar-refractivity contribution in [2.75, 3.05) is 13.1 Å². The molecule has 2 aliphatic rings. The van der Waals surface area contributed by atoms with E-state index in [0.29, 0.717) is 6.54 Å². The second-order valence-electron chi connectivity index (χ2n) is 21.6. The minimum Gasteiger partial charge on any atom is -0.488 e. The summed E-state index contributed by atoms with van der Waals surface area (Å²) in [6.45, 7) is 21.7. The number of aryl methyl sites for hydroxylation is 3. The summed E-state index contributed by atoms with van der Waals surface area (Å²) in [5.41, 5.74) is 15.8. The summed E-state index contributed by atoms with van der Waals surface area (Å²) in [7, 11) is -2.33. The van der Waals surface area contributed by atoms with Crippen LogP contribution in [0.5, 0.6) is 5.75 Å². The zero-order valence-corrected chi connectivity index (χ0v) is 44.4. The summed E-state index contributed by atoms with van der Waals surface area (Å²) in [6, 6.07) is 55.0. The van der Waals surface area contributed by atoms with E-state index in [9.17, 15) is 4.79 Å². The Morgan fingerprint density at radius 3 is 1.86 bits per heavy atom. The van der Waals surface area contributed by atoms with Gasteiger partial charge >= 0.3 is 6.09 Å². The number of hydrazine groups is 2. The van der Waals surface area contributed by atoms with E-state index in [1.807, 2.05) is 51.2 Å². The Kier molecular flexibility index (Phi) is 14.1. The minimum absolute atomic E-state index is 0.0621. The van der Waals surface area contributed by atoms with Crippen LogP contribution in [0.2, 0.25) is 18.1 Å². The molecule has 9 rings (SSSR count). The summed E-state index contributed by atoms with van der Waals surface area (Å²) in [5.74, 6) is 2.43. The first-order valence-electron chi connectivity index (χ1n) is 25.1. The lowest BCUT2D eigenvalue weighted by atomic mass is 9.76. The lowest BCUT2D eigenvalue weighted by Crippen LogP contribution is -2.56. The number of hydrogen-bond donors (Lipinski definition) is 2. The molecule has 2 atom stereocenters. The van der Waals surface area contributed by atoms with Gasteiger partial charge in [-0.25, -0.2) is 15.3 Å². The van der Waals surface area contributed by atoms with Crippen molar-refractivity contribution in [3.63, 3.8) is 0 Å². The van der Waals surface area contributed by atoms with E-state index in [-0.39, 0.29) is 17.7 Å². The van der Waals surface area contributed by atoms with Crippen LogP contribution in [-0.4, -0.2) is 64.5 Å². The van der Waals surface area contributed by atoms with Gasteiger partial charge in [0, 0.05) is 23.1 Å². The Morgan fingerprint density at radius 1 is 0.750 bits per heavy atom. The normalized spacial score (nSPS) is 15.5. The monoisotopic (exact) mass is 980 g/mol. The highest BCUT2D eigenvalue weighted by molar-refractivity contribution is 6.74. The van der Waals surface area contributed by atoms with Crippen LogP contribution in [0, 0.1) is 13.8 Å². The van der Waals surface area contributed by atoms with Gasteiger partial charge in [0.15, 0.2) is 14.2 Å². The highest BCUT2D eigenvalue weighted by Crippen LogP contribution is 2.44. The quantitative estimate of drug-likeness (QED) is 0.0820. The fraction of sp³-hybridized carbons (Fsp3) is 0.317. The zero-order chi connectivity index (χ0) is 50.8. The summed E-state index contributed by atoms with van der Waals surface area (Å²) >= 11 is 0. The molecule has 0 aliphatic carbocycles. The third kappa shape index (κ3) is 10.3. The van der Waals surface area contributed by atoms with Crippen molar-refractivity contribution in [1.29, 1.82) is 0 Å². The van der Waals surface area contributed by atoms with Gasteiger partial charge < -0.3 is 23.4 Å². The Labute approximate surface area is 426 Å². The van der Waals surface area contributed by atoms with Gasteiger partial charge in [-0.15, -0.1) is 10.6 Å². The van der Waals surface area contributed by atoms with E-state index in [1.165, 1.54) is 0 Å². The molecule has 11 nitrogen and oxygen atoms in total. The summed E-state index contributed by atoms with van der Waals surface area (Å²) < 4.78 is 22.2. The Hall–Kier alpha value is -6.99. The predicted octanol–water partition coefficient (Wildman–Crippen LogP) is 12.8. The maximum atomic E-state index is 14.2. The maximum Gasteiger partial charge on any atom is 0.410 e. The number of aromatic nitrogens is 2. The molecule has 7 aromatic rings. The van der Waals surface area contributed by atoms with E-state index in [2.05, 4.69) is 202 Å². The predicted molar refractivity (Wildman–Crippen MR) is 290 cm³/mol. The van der Waals surface area contributed by atoms with Gasteiger partial charge in [-0.05, 0) is 135 Å². The third-order valence-corrected chi connectivity index (χ3v) is 18.8. The molecule has 1 amide bonds. The van der Waals surface area contributed by atoms with Crippen LogP contribution < -0.4 is 15.8 Å². The van der Waals surface area contributed by atoms with Crippen LogP contribution in [-0.2, 0) is 21.1 Å². The largest absolute Gasteiger partial charge is 0.488 e. The van der Waals surface area contributed by atoms with E-state index in [0.717, 1.165) is 86.1 Å².